The number of para-hydroxylation sites is 2. The highest BCUT2D eigenvalue weighted by atomic mass is 35.5. The Kier molecular flexibility index (Phi) is 8.08. The quantitative estimate of drug-likeness (QED) is 0.395. The number of esters is 1. The molecular weight excluding hydrogens is 539 g/mol. The maximum absolute atomic E-state index is 13.7. The second kappa shape index (κ2) is 11.1. The molecule has 4 rings (SSSR count). The van der Waals surface area contributed by atoms with E-state index in [4.69, 9.17) is 32.7 Å². The number of halogens is 2. The van der Waals surface area contributed by atoms with Gasteiger partial charge in [0.25, 0.3) is 0 Å². The molecule has 1 atom stereocenters. The molecule has 0 aliphatic carbocycles. The van der Waals surface area contributed by atoms with E-state index in [1.165, 1.54) is 24.1 Å². The molecule has 194 valence electrons. The van der Waals surface area contributed by atoms with Gasteiger partial charge in [0.1, 0.15) is 5.75 Å². The third-order valence-corrected chi connectivity index (χ3v) is 8.40. The van der Waals surface area contributed by atoms with Crippen LogP contribution in [0.5, 0.6) is 5.75 Å². The van der Waals surface area contributed by atoms with Crippen LogP contribution >= 0.6 is 23.2 Å². The number of carbonyl (C=O) groups is 2. The summed E-state index contributed by atoms with van der Waals surface area (Å²) in [7, 11) is -2.87. The molecule has 3 aromatic carbocycles. The van der Waals surface area contributed by atoms with Crippen LogP contribution < -0.4 is 9.64 Å². The molecule has 0 radical (unpaired) electrons. The smallest absolute Gasteiger partial charge is 0.348 e. The van der Waals surface area contributed by atoms with Gasteiger partial charge in [-0.1, -0.05) is 59.1 Å². The molecule has 0 fully saturated rings. The molecule has 0 bridgehead atoms. The van der Waals surface area contributed by atoms with E-state index in [9.17, 15) is 18.0 Å². The molecule has 1 aliphatic heterocycles. The van der Waals surface area contributed by atoms with E-state index in [2.05, 4.69) is 0 Å². The third kappa shape index (κ3) is 5.91. The van der Waals surface area contributed by atoms with Gasteiger partial charge < -0.3 is 14.4 Å². The lowest BCUT2D eigenvalue weighted by atomic mass is 10.2. The Morgan fingerprint density at radius 1 is 1.05 bits per heavy atom. The molecule has 1 amide bonds. The summed E-state index contributed by atoms with van der Waals surface area (Å²) in [6.45, 7) is 1.08. The van der Waals surface area contributed by atoms with Crippen LogP contribution in [0.1, 0.15) is 11.1 Å². The van der Waals surface area contributed by atoms with Crippen molar-refractivity contribution in [2.75, 3.05) is 25.1 Å². The topological polar surface area (TPSA) is 93.2 Å². The van der Waals surface area contributed by atoms with Crippen molar-refractivity contribution < 1.29 is 27.5 Å². The van der Waals surface area contributed by atoms with Gasteiger partial charge in [-0.2, -0.15) is 4.31 Å². The van der Waals surface area contributed by atoms with E-state index in [-0.39, 0.29) is 23.0 Å². The zero-order chi connectivity index (χ0) is 26.7. The second-order valence-corrected chi connectivity index (χ2v) is 11.2. The number of rotatable bonds is 7. The van der Waals surface area contributed by atoms with Crippen LogP contribution in [-0.2, 0) is 30.9 Å². The number of aryl methyl sites for hydroxylation is 1. The van der Waals surface area contributed by atoms with Crippen LogP contribution in [0.15, 0.2) is 71.6 Å². The number of hydrogen-bond acceptors (Lipinski definition) is 6. The number of nitrogens with zero attached hydrogens (tertiary/aromatic N) is 2. The minimum atomic E-state index is -4.10. The maximum Gasteiger partial charge on any atom is 0.348 e. The molecule has 0 spiro atoms. The number of ether oxygens (including phenoxy) is 2. The minimum absolute atomic E-state index is 0.0424. The molecule has 1 aliphatic rings. The Hall–Kier alpha value is -3.11. The number of sulfonamides is 1. The fourth-order valence-electron chi connectivity index (χ4n) is 3.89. The molecule has 1 heterocycles. The SMILES string of the molecule is COC(=O)C1CN(C(=O)CN(Cc2ccc(Cl)c(Cl)c2)S(=O)(=O)c2ccc(C)cc2)c2ccccc2O1. The molecule has 8 nitrogen and oxygen atoms in total. The zero-order valence-electron chi connectivity index (χ0n) is 20.1. The van der Waals surface area contributed by atoms with Crippen molar-refractivity contribution in [3.05, 3.63) is 87.9 Å². The van der Waals surface area contributed by atoms with Gasteiger partial charge >= 0.3 is 5.97 Å². The maximum atomic E-state index is 13.7. The highest BCUT2D eigenvalue weighted by Crippen LogP contribution is 2.34. The summed E-state index contributed by atoms with van der Waals surface area (Å²) < 4.78 is 38.9. The van der Waals surface area contributed by atoms with Gasteiger partial charge in [-0.15, -0.1) is 0 Å². The lowest BCUT2D eigenvalue weighted by molar-refractivity contribution is -0.148. The van der Waals surface area contributed by atoms with Crippen LogP contribution in [0.4, 0.5) is 5.69 Å². The number of anilines is 1. The predicted octanol–water partition coefficient (Wildman–Crippen LogP) is 4.46. The van der Waals surface area contributed by atoms with E-state index < -0.39 is 34.5 Å². The average Bonchev–Trinajstić information content (AvgIpc) is 2.89. The Bertz CT molecular complexity index is 1430. The second-order valence-electron chi connectivity index (χ2n) is 8.44. The van der Waals surface area contributed by atoms with Crippen molar-refractivity contribution in [1.29, 1.82) is 0 Å². The van der Waals surface area contributed by atoms with Gasteiger partial charge in [0.05, 0.1) is 40.8 Å². The first-order valence-electron chi connectivity index (χ1n) is 11.2. The summed E-state index contributed by atoms with van der Waals surface area (Å²) in [5, 5.41) is 0.592. The van der Waals surface area contributed by atoms with E-state index in [1.54, 1.807) is 54.6 Å². The molecule has 11 heteroatoms. The standard InChI is InChI=1S/C26H24Cl2N2O6S/c1-17-7-10-19(11-8-17)37(33,34)29(14-18-9-12-20(27)21(28)13-18)16-25(31)30-15-24(26(32)35-2)36-23-6-4-3-5-22(23)30/h3-13,24H,14-16H2,1-2H3. The third-order valence-electron chi connectivity index (χ3n) is 5.85. The van der Waals surface area contributed by atoms with Gasteiger partial charge in [0, 0.05) is 6.54 Å². The molecule has 0 aromatic heterocycles. The van der Waals surface area contributed by atoms with Crippen LogP contribution in [0, 0.1) is 6.92 Å². The first-order chi connectivity index (χ1) is 17.6. The number of amides is 1. The van der Waals surface area contributed by atoms with Crippen LogP contribution in [0.3, 0.4) is 0 Å². The monoisotopic (exact) mass is 562 g/mol. The summed E-state index contributed by atoms with van der Waals surface area (Å²) >= 11 is 12.2. The zero-order valence-corrected chi connectivity index (χ0v) is 22.4. The number of benzene rings is 3. The fraction of sp³-hybridized carbons (Fsp3) is 0.231. The molecule has 0 saturated carbocycles. The predicted molar refractivity (Wildman–Crippen MR) is 140 cm³/mol. The molecule has 1 unspecified atom stereocenters. The van der Waals surface area contributed by atoms with Crippen molar-refractivity contribution in [2.24, 2.45) is 0 Å². The lowest BCUT2D eigenvalue weighted by Gasteiger charge is -2.34. The van der Waals surface area contributed by atoms with Crippen molar-refractivity contribution in [1.82, 2.24) is 4.31 Å². The number of methoxy groups -OCH3 is 1. The van der Waals surface area contributed by atoms with E-state index in [0.717, 1.165) is 9.87 Å². The molecule has 37 heavy (non-hydrogen) atoms. The highest BCUT2D eigenvalue weighted by Gasteiger charge is 2.36. The fourth-order valence-corrected chi connectivity index (χ4v) is 5.59. The molecule has 0 saturated heterocycles. The van der Waals surface area contributed by atoms with Gasteiger partial charge in [0.2, 0.25) is 22.0 Å². The summed E-state index contributed by atoms with van der Waals surface area (Å²) in [5.41, 5.74) is 1.87. The summed E-state index contributed by atoms with van der Waals surface area (Å²) in [6, 6.07) is 17.9. The van der Waals surface area contributed by atoms with Crippen LogP contribution in [-0.4, -0.2) is 50.9 Å². The summed E-state index contributed by atoms with van der Waals surface area (Å²) in [5.74, 6) is -0.873. The average molecular weight is 563 g/mol. The number of hydrogen-bond donors (Lipinski definition) is 0. The Morgan fingerprint density at radius 2 is 1.76 bits per heavy atom. The Morgan fingerprint density at radius 3 is 2.43 bits per heavy atom. The Balaban J connectivity index is 1.70. The van der Waals surface area contributed by atoms with Crippen molar-refractivity contribution >= 4 is 50.8 Å². The van der Waals surface area contributed by atoms with Crippen LogP contribution in [0.2, 0.25) is 10.0 Å². The Labute approximate surface area is 225 Å². The molecule has 3 aromatic rings. The van der Waals surface area contributed by atoms with E-state index in [0.29, 0.717) is 22.0 Å². The van der Waals surface area contributed by atoms with Gasteiger partial charge in [-0.05, 0) is 48.9 Å². The van der Waals surface area contributed by atoms with Crippen molar-refractivity contribution in [2.45, 2.75) is 24.5 Å². The number of fused-ring (bicyclic) bond motifs is 1. The minimum Gasteiger partial charge on any atom is -0.475 e. The van der Waals surface area contributed by atoms with E-state index >= 15 is 0 Å². The van der Waals surface area contributed by atoms with Crippen molar-refractivity contribution in [3.63, 3.8) is 0 Å². The summed E-state index contributed by atoms with van der Waals surface area (Å²) in [6.07, 6.45) is -1.05. The molecular formula is C26H24Cl2N2O6S. The van der Waals surface area contributed by atoms with Gasteiger partial charge in [-0.3, -0.25) is 4.79 Å². The summed E-state index contributed by atoms with van der Waals surface area (Å²) in [4.78, 5) is 27.2. The first kappa shape index (κ1) is 26.9. The largest absolute Gasteiger partial charge is 0.475 e. The first-order valence-corrected chi connectivity index (χ1v) is 13.4. The number of carbonyl (C=O) groups excluding carboxylic acids is 2. The highest BCUT2D eigenvalue weighted by molar-refractivity contribution is 7.89. The molecule has 0 N–H and O–H groups in total. The van der Waals surface area contributed by atoms with Gasteiger partial charge in [-0.25, -0.2) is 13.2 Å². The van der Waals surface area contributed by atoms with Gasteiger partial charge in [0.15, 0.2) is 0 Å². The lowest BCUT2D eigenvalue weighted by Crippen LogP contribution is -2.50. The van der Waals surface area contributed by atoms with Crippen LogP contribution in [0.25, 0.3) is 0 Å². The normalized spacial score (nSPS) is 15.2. The van der Waals surface area contributed by atoms with E-state index in [1.807, 2.05) is 6.92 Å². The van der Waals surface area contributed by atoms with Crippen molar-refractivity contribution in [3.8, 4) is 5.75 Å².